The molecule has 0 radical (unpaired) electrons. The zero-order chi connectivity index (χ0) is 21.1. The van der Waals surface area contributed by atoms with Gasteiger partial charge in [-0.2, -0.15) is 0 Å². The van der Waals surface area contributed by atoms with Crippen molar-refractivity contribution in [3.63, 3.8) is 0 Å². The second-order valence-electron chi connectivity index (χ2n) is 7.97. The van der Waals surface area contributed by atoms with Crippen LogP contribution >= 0.6 is 0 Å². The van der Waals surface area contributed by atoms with Crippen LogP contribution in [0.3, 0.4) is 0 Å². The van der Waals surface area contributed by atoms with Gasteiger partial charge in [0.15, 0.2) is 5.78 Å². The van der Waals surface area contributed by atoms with Gasteiger partial charge in [0.1, 0.15) is 0 Å². The van der Waals surface area contributed by atoms with Crippen molar-refractivity contribution >= 4 is 15.8 Å². The van der Waals surface area contributed by atoms with Crippen molar-refractivity contribution in [2.24, 2.45) is 0 Å². The predicted molar refractivity (Wildman–Crippen MR) is 116 cm³/mol. The van der Waals surface area contributed by atoms with Crippen LogP contribution < -0.4 is 4.72 Å². The number of carbonyl (C=O) groups excluding carboxylic acids is 1. The molecule has 3 aromatic carbocycles. The van der Waals surface area contributed by atoms with Gasteiger partial charge >= 0.3 is 0 Å². The second kappa shape index (κ2) is 8.31. The van der Waals surface area contributed by atoms with E-state index in [2.05, 4.69) is 4.72 Å². The molecule has 3 aromatic rings. The van der Waals surface area contributed by atoms with Gasteiger partial charge in [-0.1, -0.05) is 78.9 Å². The Morgan fingerprint density at radius 3 is 1.90 bits per heavy atom. The molecule has 1 N–H and O–H groups in total. The summed E-state index contributed by atoms with van der Waals surface area (Å²) in [7, 11) is -3.82. The predicted octanol–water partition coefficient (Wildman–Crippen LogP) is 4.78. The number of hydrogen-bond donors (Lipinski definition) is 1. The molecule has 150 valence electrons. The van der Waals surface area contributed by atoms with Crippen LogP contribution in [-0.4, -0.2) is 19.7 Å². The minimum Gasteiger partial charge on any atom is -0.293 e. The van der Waals surface area contributed by atoms with Crippen molar-refractivity contribution < 1.29 is 13.2 Å². The van der Waals surface area contributed by atoms with Crippen molar-refractivity contribution in [1.82, 2.24) is 4.72 Å². The average Bonchev–Trinajstić information content (AvgIpc) is 2.68. The van der Waals surface area contributed by atoms with E-state index in [4.69, 9.17) is 0 Å². The van der Waals surface area contributed by atoms with Gasteiger partial charge in [0, 0.05) is 11.1 Å². The molecule has 0 aliphatic carbocycles. The first kappa shape index (κ1) is 21.0. The van der Waals surface area contributed by atoms with E-state index in [-0.39, 0.29) is 10.7 Å². The van der Waals surface area contributed by atoms with E-state index in [1.807, 2.05) is 36.4 Å². The Kier molecular flexibility index (Phi) is 6.01. The quantitative estimate of drug-likeness (QED) is 0.598. The lowest BCUT2D eigenvalue weighted by Crippen LogP contribution is -2.41. The Labute approximate surface area is 172 Å². The van der Waals surface area contributed by atoms with Crippen molar-refractivity contribution in [3.05, 3.63) is 102 Å². The summed E-state index contributed by atoms with van der Waals surface area (Å²) in [6, 6.07) is 25.0. The fourth-order valence-electron chi connectivity index (χ4n) is 3.31. The smallest absolute Gasteiger partial charge is 0.241 e. The van der Waals surface area contributed by atoms with E-state index in [0.717, 1.165) is 5.56 Å². The van der Waals surface area contributed by atoms with Gasteiger partial charge in [0.05, 0.1) is 10.8 Å². The van der Waals surface area contributed by atoms with Crippen molar-refractivity contribution in [2.45, 2.75) is 37.1 Å². The molecule has 4 nitrogen and oxygen atoms in total. The summed E-state index contributed by atoms with van der Waals surface area (Å²) in [5, 5.41) is 0. The average molecular weight is 408 g/mol. The lowest BCUT2D eigenvalue weighted by atomic mass is 9.85. The minimum absolute atomic E-state index is 0.119. The number of Topliss-reactive ketones (excluding diaryl/α,β-unsaturated/α-hetero) is 1. The highest BCUT2D eigenvalue weighted by Gasteiger charge is 2.31. The standard InChI is InChI=1S/C24H25NO3S/c1-24(2,3)25-29(27,28)21-17-11-10-16-20(21)22(18-12-6-4-7-13-18)23(26)19-14-8-5-9-15-19/h4-17,22,25H,1-3H3. The summed E-state index contributed by atoms with van der Waals surface area (Å²) in [4.78, 5) is 13.6. The van der Waals surface area contributed by atoms with Crippen LogP contribution in [0.25, 0.3) is 0 Å². The largest absolute Gasteiger partial charge is 0.293 e. The van der Waals surface area contributed by atoms with Crippen LogP contribution in [0.4, 0.5) is 0 Å². The molecule has 0 spiro atoms. The Morgan fingerprint density at radius 2 is 1.31 bits per heavy atom. The summed E-state index contributed by atoms with van der Waals surface area (Å²) >= 11 is 0. The maximum Gasteiger partial charge on any atom is 0.241 e. The first-order valence-corrected chi connectivity index (χ1v) is 10.9. The Balaban J connectivity index is 2.19. The van der Waals surface area contributed by atoms with E-state index in [1.165, 1.54) is 0 Å². The Bertz CT molecular complexity index is 1090. The number of ketones is 1. The third-order valence-electron chi connectivity index (χ3n) is 4.41. The summed E-state index contributed by atoms with van der Waals surface area (Å²) in [6.45, 7) is 5.37. The molecule has 1 unspecified atom stereocenters. The van der Waals surface area contributed by atoms with Gasteiger partial charge in [-0.05, 0) is 38.0 Å². The Hall–Kier alpha value is -2.76. The number of sulfonamides is 1. The lowest BCUT2D eigenvalue weighted by Gasteiger charge is -2.24. The summed E-state index contributed by atoms with van der Waals surface area (Å²) < 4.78 is 29.0. The van der Waals surface area contributed by atoms with Crippen LogP contribution in [-0.2, 0) is 10.0 Å². The molecule has 0 saturated carbocycles. The van der Waals surface area contributed by atoms with Crippen molar-refractivity contribution in [1.29, 1.82) is 0 Å². The minimum atomic E-state index is -3.82. The van der Waals surface area contributed by atoms with Gasteiger partial charge in [-0.15, -0.1) is 0 Å². The van der Waals surface area contributed by atoms with E-state index in [0.29, 0.717) is 11.1 Å². The SMILES string of the molecule is CC(C)(C)NS(=O)(=O)c1ccccc1C(C(=O)c1ccccc1)c1ccccc1. The molecule has 29 heavy (non-hydrogen) atoms. The van der Waals surface area contributed by atoms with E-state index in [9.17, 15) is 13.2 Å². The van der Waals surface area contributed by atoms with Crippen LogP contribution in [0.2, 0.25) is 0 Å². The highest BCUT2D eigenvalue weighted by Crippen LogP contribution is 2.33. The number of carbonyl (C=O) groups is 1. The normalized spacial score (nSPS) is 13.1. The zero-order valence-electron chi connectivity index (χ0n) is 16.8. The maximum absolute atomic E-state index is 13.5. The molecule has 0 aliphatic rings. The maximum atomic E-state index is 13.5. The van der Waals surface area contributed by atoms with Gasteiger partial charge in [-0.3, -0.25) is 4.79 Å². The van der Waals surface area contributed by atoms with Crippen molar-refractivity contribution in [3.8, 4) is 0 Å². The molecule has 0 bridgehead atoms. The molecule has 5 heteroatoms. The summed E-state index contributed by atoms with van der Waals surface area (Å²) in [6.07, 6.45) is 0. The van der Waals surface area contributed by atoms with Crippen LogP contribution in [0.15, 0.2) is 89.8 Å². The lowest BCUT2D eigenvalue weighted by molar-refractivity contribution is 0.0973. The third kappa shape index (κ3) is 5.00. The molecular weight excluding hydrogens is 382 g/mol. The number of rotatable bonds is 6. The molecule has 0 fully saturated rings. The molecule has 0 saturated heterocycles. The fraction of sp³-hybridized carbons (Fsp3) is 0.208. The van der Waals surface area contributed by atoms with Crippen LogP contribution in [0.1, 0.15) is 48.2 Å². The summed E-state index contributed by atoms with van der Waals surface area (Å²) in [5.41, 5.74) is 1.11. The highest BCUT2D eigenvalue weighted by molar-refractivity contribution is 7.89. The number of benzene rings is 3. The van der Waals surface area contributed by atoms with Crippen LogP contribution in [0.5, 0.6) is 0 Å². The molecule has 3 rings (SSSR count). The second-order valence-corrected chi connectivity index (χ2v) is 9.62. The first-order chi connectivity index (χ1) is 13.7. The molecule has 1 atom stereocenters. The fourth-order valence-corrected chi connectivity index (χ4v) is 4.98. The number of hydrogen-bond acceptors (Lipinski definition) is 3. The monoisotopic (exact) mass is 407 g/mol. The van der Waals surface area contributed by atoms with Gasteiger partial charge < -0.3 is 0 Å². The molecule has 0 heterocycles. The Morgan fingerprint density at radius 1 is 0.793 bits per heavy atom. The van der Waals surface area contributed by atoms with E-state index >= 15 is 0 Å². The van der Waals surface area contributed by atoms with E-state index in [1.54, 1.807) is 69.3 Å². The molecule has 0 amide bonds. The zero-order valence-corrected chi connectivity index (χ0v) is 17.6. The topological polar surface area (TPSA) is 63.2 Å². The first-order valence-electron chi connectivity index (χ1n) is 9.46. The van der Waals surface area contributed by atoms with Crippen LogP contribution in [0, 0.1) is 0 Å². The van der Waals surface area contributed by atoms with Gasteiger partial charge in [0.25, 0.3) is 0 Å². The van der Waals surface area contributed by atoms with Gasteiger partial charge in [0.2, 0.25) is 10.0 Å². The summed E-state index contributed by atoms with van der Waals surface area (Å²) in [5.74, 6) is -0.874. The number of nitrogens with one attached hydrogen (secondary N) is 1. The third-order valence-corrected chi connectivity index (χ3v) is 6.25. The molecule has 0 aromatic heterocycles. The van der Waals surface area contributed by atoms with Crippen molar-refractivity contribution in [2.75, 3.05) is 0 Å². The van der Waals surface area contributed by atoms with Gasteiger partial charge in [-0.25, -0.2) is 13.1 Å². The highest BCUT2D eigenvalue weighted by atomic mass is 32.2. The molecule has 0 aliphatic heterocycles. The van der Waals surface area contributed by atoms with E-state index < -0.39 is 21.5 Å². The molecular formula is C24H25NO3S.